The Labute approximate surface area is 109 Å². The topological polar surface area (TPSA) is 23.5 Å². The van der Waals surface area contributed by atoms with Crippen molar-refractivity contribution in [3.05, 3.63) is 29.6 Å². The lowest BCUT2D eigenvalue weighted by molar-refractivity contribution is -0.119. The van der Waals surface area contributed by atoms with Gasteiger partial charge in [0.25, 0.3) is 0 Å². The maximum Gasteiger partial charge on any atom is 0.405 e. The highest BCUT2D eigenvalue weighted by Crippen LogP contribution is 2.27. The first-order valence-electron chi connectivity index (χ1n) is 6.03. The monoisotopic (exact) mass is 279 g/mol. The Balaban J connectivity index is 3.02. The van der Waals surface area contributed by atoms with Crippen molar-refractivity contribution in [1.29, 1.82) is 0 Å². The molecule has 1 atom stereocenters. The lowest BCUT2D eigenvalue weighted by Crippen LogP contribution is -2.35. The summed E-state index contributed by atoms with van der Waals surface area (Å²) in [6, 6.07) is 3.78. The average molecular weight is 279 g/mol. The first kappa shape index (κ1) is 15.8. The second kappa shape index (κ2) is 6.23. The van der Waals surface area contributed by atoms with Gasteiger partial charge >= 0.3 is 6.18 Å². The second-order valence-corrected chi connectivity index (χ2v) is 4.42. The third-order valence-electron chi connectivity index (χ3n) is 2.66. The first-order chi connectivity index (χ1) is 8.74. The van der Waals surface area contributed by atoms with E-state index in [1.165, 1.54) is 19.1 Å². The fourth-order valence-corrected chi connectivity index (χ4v) is 1.81. The summed E-state index contributed by atoms with van der Waals surface area (Å²) in [4.78, 5) is 0.959. The van der Waals surface area contributed by atoms with Crippen LogP contribution in [0, 0.1) is 5.82 Å². The lowest BCUT2D eigenvalue weighted by Gasteiger charge is -2.26. The number of aliphatic hydroxyl groups is 1. The number of benzene rings is 1. The van der Waals surface area contributed by atoms with Gasteiger partial charge in [-0.25, -0.2) is 4.39 Å². The van der Waals surface area contributed by atoms with Crippen LogP contribution in [-0.2, 0) is 0 Å². The van der Waals surface area contributed by atoms with Crippen molar-refractivity contribution in [1.82, 2.24) is 0 Å². The van der Waals surface area contributed by atoms with Crippen LogP contribution in [0.1, 0.15) is 31.9 Å². The van der Waals surface area contributed by atoms with Crippen molar-refractivity contribution >= 4 is 5.69 Å². The average Bonchev–Trinajstić information content (AvgIpc) is 2.26. The van der Waals surface area contributed by atoms with E-state index in [2.05, 4.69) is 0 Å². The van der Waals surface area contributed by atoms with E-state index in [4.69, 9.17) is 0 Å². The summed E-state index contributed by atoms with van der Waals surface area (Å²) in [5.41, 5.74) is 0.244. The Morgan fingerprint density at radius 2 is 1.95 bits per heavy atom. The minimum Gasteiger partial charge on any atom is -0.389 e. The van der Waals surface area contributed by atoms with E-state index in [0.717, 1.165) is 11.0 Å². The smallest absolute Gasteiger partial charge is 0.389 e. The molecular weight excluding hydrogens is 262 g/mol. The largest absolute Gasteiger partial charge is 0.405 e. The molecule has 1 aromatic rings. The Hall–Kier alpha value is -1.30. The summed E-state index contributed by atoms with van der Waals surface area (Å²) >= 11 is 0. The van der Waals surface area contributed by atoms with Gasteiger partial charge in [-0.2, -0.15) is 13.2 Å². The van der Waals surface area contributed by atoms with Crippen LogP contribution in [0.2, 0.25) is 0 Å². The van der Waals surface area contributed by atoms with Crippen molar-refractivity contribution < 1.29 is 22.7 Å². The highest BCUT2D eigenvalue weighted by Gasteiger charge is 2.31. The standard InChI is InChI=1S/C13H17F4NO/c1-3-6-18(8-13(15,16)17)12-5-4-10(9(2)19)7-11(12)14/h4-5,7,9,19H,3,6,8H2,1-2H3/t9-/m1/s1. The molecule has 108 valence electrons. The molecule has 0 bridgehead atoms. The van der Waals surface area contributed by atoms with Gasteiger partial charge in [0.15, 0.2) is 0 Å². The fraction of sp³-hybridized carbons (Fsp3) is 0.538. The van der Waals surface area contributed by atoms with Crippen LogP contribution >= 0.6 is 0 Å². The van der Waals surface area contributed by atoms with E-state index in [1.807, 2.05) is 0 Å². The highest BCUT2D eigenvalue weighted by atomic mass is 19.4. The van der Waals surface area contributed by atoms with Gasteiger partial charge in [-0.1, -0.05) is 13.0 Å². The molecule has 0 radical (unpaired) electrons. The molecule has 6 heteroatoms. The van der Waals surface area contributed by atoms with Crippen LogP contribution in [0.25, 0.3) is 0 Å². The van der Waals surface area contributed by atoms with E-state index in [1.54, 1.807) is 6.92 Å². The van der Waals surface area contributed by atoms with Crippen molar-refractivity contribution in [2.24, 2.45) is 0 Å². The van der Waals surface area contributed by atoms with Crippen LogP contribution < -0.4 is 4.90 Å². The molecule has 0 aromatic heterocycles. The highest BCUT2D eigenvalue weighted by molar-refractivity contribution is 5.49. The number of halogens is 4. The van der Waals surface area contributed by atoms with E-state index >= 15 is 0 Å². The zero-order chi connectivity index (χ0) is 14.6. The molecule has 0 aliphatic heterocycles. The van der Waals surface area contributed by atoms with Crippen LogP contribution in [0.4, 0.5) is 23.2 Å². The number of alkyl halides is 3. The molecule has 0 amide bonds. The Kier molecular flexibility index (Phi) is 5.17. The van der Waals surface area contributed by atoms with Crippen LogP contribution in [0.3, 0.4) is 0 Å². The maximum atomic E-state index is 13.8. The molecule has 0 aliphatic rings. The SMILES string of the molecule is CCCN(CC(F)(F)F)c1ccc([C@@H](C)O)cc1F. The summed E-state index contributed by atoms with van der Waals surface area (Å²) in [7, 11) is 0. The van der Waals surface area contributed by atoms with Crippen LogP contribution in [-0.4, -0.2) is 24.4 Å². The Bertz CT molecular complexity index is 418. The van der Waals surface area contributed by atoms with Gasteiger partial charge in [-0.3, -0.25) is 0 Å². The summed E-state index contributed by atoms with van der Waals surface area (Å²) in [5, 5.41) is 9.31. The molecule has 0 unspecified atom stereocenters. The molecule has 0 saturated heterocycles. The van der Waals surface area contributed by atoms with Crippen molar-refractivity contribution in [3.8, 4) is 0 Å². The fourth-order valence-electron chi connectivity index (χ4n) is 1.81. The summed E-state index contributed by atoms with van der Waals surface area (Å²) in [6.07, 6.45) is -4.76. The number of nitrogens with zero attached hydrogens (tertiary/aromatic N) is 1. The van der Waals surface area contributed by atoms with E-state index < -0.39 is 24.6 Å². The molecular formula is C13H17F4NO. The number of hydrogen-bond acceptors (Lipinski definition) is 2. The Morgan fingerprint density at radius 1 is 1.32 bits per heavy atom. The normalized spacial score (nSPS) is 13.4. The number of hydrogen-bond donors (Lipinski definition) is 1. The molecule has 1 rings (SSSR count). The molecule has 1 aromatic carbocycles. The van der Waals surface area contributed by atoms with Gasteiger partial charge in [-0.15, -0.1) is 0 Å². The summed E-state index contributed by atoms with van der Waals surface area (Å²) < 4.78 is 51.2. The van der Waals surface area contributed by atoms with Gasteiger partial charge in [0.2, 0.25) is 0 Å². The number of anilines is 1. The molecule has 1 N–H and O–H groups in total. The van der Waals surface area contributed by atoms with Crippen molar-refractivity contribution in [2.75, 3.05) is 18.0 Å². The molecule has 0 saturated carbocycles. The number of aliphatic hydroxyl groups excluding tert-OH is 1. The van der Waals surface area contributed by atoms with Gasteiger partial charge in [0, 0.05) is 6.54 Å². The molecule has 0 fully saturated rings. The predicted octanol–water partition coefficient (Wildman–Crippen LogP) is 3.66. The third-order valence-corrected chi connectivity index (χ3v) is 2.66. The van der Waals surface area contributed by atoms with Gasteiger partial charge in [-0.05, 0) is 31.0 Å². The third kappa shape index (κ3) is 4.70. The molecule has 0 aliphatic carbocycles. The lowest BCUT2D eigenvalue weighted by atomic mass is 10.1. The molecule has 19 heavy (non-hydrogen) atoms. The van der Waals surface area contributed by atoms with Crippen molar-refractivity contribution in [3.63, 3.8) is 0 Å². The van der Waals surface area contributed by atoms with Gasteiger partial charge < -0.3 is 10.0 Å². The minimum absolute atomic E-state index is 0.0939. The van der Waals surface area contributed by atoms with Gasteiger partial charge in [0.05, 0.1) is 11.8 Å². The first-order valence-corrected chi connectivity index (χ1v) is 6.03. The number of rotatable bonds is 5. The van der Waals surface area contributed by atoms with Crippen LogP contribution in [0.15, 0.2) is 18.2 Å². The van der Waals surface area contributed by atoms with Crippen molar-refractivity contribution in [2.45, 2.75) is 32.5 Å². The quantitative estimate of drug-likeness (QED) is 0.831. The van der Waals surface area contributed by atoms with E-state index in [-0.39, 0.29) is 12.2 Å². The van der Waals surface area contributed by atoms with E-state index in [0.29, 0.717) is 12.0 Å². The summed E-state index contributed by atoms with van der Waals surface area (Å²) in [5.74, 6) is -0.754. The minimum atomic E-state index is -4.38. The molecule has 2 nitrogen and oxygen atoms in total. The second-order valence-electron chi connectivity index (χ2n) is 4.42. The zero-order valence-corrected chi connectivity index (χ0v) is 10.8. The maximum absolute atomic E-state index is 13.8. The Morgan fingerprint density at radius 3 is 2.37 bits per heavy atom. The predicted molar refractivity (Wildman–Crippen MR) is 65.6 cm³/mol. The van der Waals surface area contributed by atoms with E-state index in [9.17, 15) is 22.7 Å². The zero-order valence-electron chi connectivity index (χ0n) is 10.8. The molecule has 0 spiro atoms. The van der Waals surface area contributed by atoms with Crippen LogP contribution in [0.5, 0.6) is 0 Å². The molecule has 0 heterocycles. The van der Waals surface area contributed by atoms with Gasteiger partial charge in [0.1, 0.15) is 12.4 Å². The summed E-state index contributed by atoms with van der Waals surface area (Å²) in [6.45, 7) is 2.12.